The van der Waals surface area contributed by atoms with Gasteiger partial charge >= 0.3 is 0 Å². The second-order valence-electron chi connectivity index (χ2n) is 3.98. The van der Waals surface area contributed by atoms with Gasteiger partial charge in [0, 0.05) is 11.1 Å². The molecule has 0 spiro atoms. The van der Waals surface area contributed by atoms with Gasteiger partial charge in [-0.1, -0.05) is 12.1 Å². The molecular formula is C14H12N2O. The smallest absolute Gasteiger partial charge is 0.141 e. The molecule has 0 saturated heterocycles. The van der Waals surface area contributed by atoms with E-state index in [2.05, 4.69) is 4.98 Å². The van der Waals surface area contributed by atoms with Gasteiger partial charge in [-0.15, -0.1) is 0 Å². The molecule has 0 aliphatic heterocycles. The van der Waals surface area contributed by atoms with Crippen molar-refractivity contribution < 1.29 is 5.11 Å². The first-order valence-electron chi connectivity index (χ1n) is 5.29. The molecule has 0 aliphatic rings. The molecular weight excluding hydrogens is 212 g/mol. The molecule has 0 bridgehead atoms. The molecule has 1 heterocycles. The number of nitriles is 1. The van der Waals surface area contributed by atoms with Gasteiger partial charge in [0.25, 0.3) is 0 Å². The summed E-state index contributed by atoms with van der Waals surface area (Å²) in [5.41, 5.74) is 3.71. The van der Waals surface area contributed by atoms with Crippen molar-refractivity contribution in [2.24, 2.45) is 0 Å². The topological polar surface area (TPSA) is 56.9 Å². The summed E-state index contributed by atoms with van der Waals surface area (Å²) in [4.78, 5) is 4.25. The van der Waals surface area contributed by atoms with Gasteiger partial charge in [-0.3, -0.25) is 0 Å². The number of aryl methyl sites for hydroxylation is 1. The van der Waals surface area contributed by atoms with Crippen molar-refractivity contribution in [2.75, 3.05) is 0 Å². The Hall–Kier alpha value is -2.34. The maximum absolute atomic E-state index is 9.66. The van der Waals surface area contributed by atoms with Crippen LogP contribution in [0.4, 0.5) is 0 Å². The van der Waals surface area contributed by atoms with Crippen molar-refractivity contribution in [3.05, 3.63) is 47.2 Å². The quantitative estimate of drug-likeness (QED) is 0.810. The van der Waals surface area contributed by atoms with Crippen LogP contribution in [0, 0.1) is 25.2 Å². The van der Waals surface area contributed by atoms with Crippen LogP contribution in [0.1, 0.15) is 16.8 Å². The van der Waals surface area contributed by atoms with Gasteiger partial charge in [0.15, 0.2) is 0 Å². The third kappa shape index (κ3) is 2.11. The van der Waals surface area contributed by atoms with Crippen molar-refractivity contribution in [1.82, 2.24) is 4.98 Å². The summed E-state index contributed by atoms with van der Waals surface area (Å²) in [6, 6.07) is 11.0. The molecule has 1 aromatic carbocycles. The minimum absolute atomic E-state index is 0.240. The lowest BCUT2D eigenvalue weighted by atomic mass is 10.0. The fourth-order valence-corrected chi connectivity index (χ4v) is 1.76. The van der Waals surface area contributed by atoms with Crippen molar-refractivity contribution in [3.8, 4) is 23.1 Å². The number of phenols is 1. The lowest BCUT2D eigenvalue weighted by molar-refractivity contribution is 0.471. The highest BCUT2D eigenvalue weighted by atomic mass is 16.3. The molecule has 1 N–H and O–H groups in total. The molecule has 3 nitrogen and oxygen atoms in total. The van der Waals surface area contributed by atoms with E-state index in [-0.39, 0.29) is 5.75 Å². The van der Waals surface area contributed by atoms with E-state index < -0.39 is 0 Å². The average molecular weight is 224 g/mol. The van der Waals surface area contributed by atoms with E-state index in [0.29, 0.717) is 5.69 Å². The summed E-state index contributed by atoms with van der Waals surface area (Å²) < 4.78 is 0. The van der Waals surface area contributed by atoms with E-state index in [1.807, 2.05) is 32.0 Å². The van der Waals surface area contributed by atoms with Crippen LogP contribution in [0.25, 0.3) is 11.3 Å². The Morgan fingerprint density at radius 1 is 1.24 bits per heavy atom. The first-order chi connectivity index (χ1) is 8.11. The molecule has 0 radical (unpaired) electrons. The van der Waals surface area contributed by atoms with E-state index in [1.165, 1.54) is 0 Å². The molecule has 0 fully saturated rings. The Balaban J connectivity index is 2.65. The molecule has 1 aromatic heterocycles. The number of phenolic OH excluding ortho intramolecular Hbond substituents is 1. The van der Waals surface area contributed by atoms with Gasteiger partial charge in [-0.2, -0.15) is 5.26 Å². The summed E-state index contributed by atoms with van der Waals surface area (Å²) in [7, 11) is 0. The summed E-state index contributed by atoms with van der Waals surface area (Å²) in [6.07, 6.45) is 0. The number of pyridine rings is 1. The van der Waals surface area contributed by atoms with Crippen LogP contribution in [-0.4, -0.2) is 10.1 Å². The van der Waals surface area contributed by atoms with E-state index in [9.17, 15) is 5.11 Å². The maximum Gasteiger partial charge on any atom is 0.141 e. The molecule has 3 heteroatoms. The van der Waals surface area contributed by atoms with Crippen LogP contribution in [0.3, 0.4) is 0 Å². The Kier molecular flexibility index (Phi) is 2.80. The zero-order valence-electron chi connectivity index (χ0n) is 9.73. The molecule has 0 aliphatic carbocycles. The summed E-state index contributed by atoms with van der Waals surface area (Å²) >= 11 is 0. The zero-order chi connectivity index (χ0) is 12.4. The van der Waals surface area contributed by atoms with Crippen molar-refractivity contribution in [3.63, 3.8) is 0 Å². The molecule has 2 rings (SSSR count). The van der Waals surface area contributed by atoms with Crippen LogP contribution in [0.5, 0.6) is 5.75 Å². The van der Waals surface area contributed by atoms with Crippen molar-refractivity contribution >= 4 is 0 Å². The van der Waals surface area contributed by atoms with Crippen LogP contribution in [-0.2, 0) is 0 Å². The van der Waals surface area contributed by atoms with Crippen molar-refractivity contribution in [2.45, 2.75) is 13.8 Å². The highest BCUT2D eigenvalue weighted by Crippen LogP contribution is 2.28. The number of benzene rings is 1. The average Bonchev–Trinajstić information content (AvgIpc) is 2.31. The standard InChI is InChI=1S/C14H12N2O/c1-9-6-11(8-15)16-13(7-9)12-4-3-5-14(17)10(12)2/h3-7,17H,1-2H3. The monoisotopic (exact) mass is 224 g/mol. The Bertz CT molecular complexity index is 612. The molecule has 0 atom stereocenters. The lowest BCUT2D eigenvalue weighted by Crippen LogP contribution is -1.92. The van der Waals surface area contributed by atoms with E-state index in [0.717, 1.165) is 22.4 Å². The fourth-order valence-electron chi connectivity index (χ4n) is 1.76. The number of rotatable bonds is 1. The molecule has 0 saturated carbocycles. The van der Waals surface area contributed by atoms with Gasteiger partial charge in [0.05, 0.1) is 5.69 Å². The molecule has 0 amide bonds. The summed E-state index contributed by atoms with van der Waals surface area (Å²) in [5, 5.41) is 18.6. The van der Waals surface area contributed by atoms with Gasteiger partial charge in [-0.25, -0.2) is 4.98 Å². The summed E-state index contributed by atoms with van der Waals surface area (Å²) in [5.74, 6) is 0.240. The van der Waals surface area contributed by atoms with Gasteiger partial charge < -0.3 is 5.11 Å². The van der Waals surface area contributed by atoms with Crippen LogP contribution in [0.15, 0.2) is 30.3 Å². The molecule has 0 unspecified atom stereocenters. The van der Waals surface area contributed by atoms with Gasteiger partial charge in [0.2, 0.25) is 0 Å². The van der Waals surface area contributed by atoms with Gasteiger partial charge in [-0.05, 0) is 37.6 Å². The highest BCUT2D eigenvalue weighted by molar-refractivity contribution is 5.67. The van der Waals surface area contributed by atoms with E-state index in [1.54, 1.807) is 18.2 Å². The Morgan fingerprint density at radius 3 is 2.71 bits per heavy atom. The van der Waals surface area contributed by atoms with Gasteiger partial charge in [0.1, 0.15) is 17.5 Å². The number of aromatic nitrogens is 1. The zero-order valence-corrected chi connectivity index (χ0v) is 9.73. The van der Waals surface area contributed by atoms with Crippen LogP contribution in [0.2, 0.25) is 0 Å². The minimum Gasteiger partial charge on any atom is -0.508 e. The molecule has 2 aromatic rings. The number of hydrogen-bond acceptors (Lipinski definition) is 3. The third-order valence-corrected chi connectivity index (χ3v) is 2.67. The second-order valence-corrected chi connectivity index (χ2v) is 3.98. The first-order valence-corrected chi connectivity index (χ1v) is 5.29. The number of hydrogen-bond donors (Lipinski definition) is 1. The number of aromatic hydroxyl groups is 1. The SMILES string of the molecule is Cc1cc(C#N)nc(-c2cccc(O)c2C)c1. The Morgan fingerprint density at radius 2 is 2.00 bits per heavy atom. The lowest BCUT2D eigenvalue weighted by Gasteiger charge is -2.08. The van der Waals surface area contributed by atoms with E-state index in [4.69, 9.17) is 5.26 Å². The largest absolute Gasteiger partial charge is 0.508 e. The molecule has 17 heavy (non-hydrogen) atoms. The number of nitrogens with zero attached hydrogens (tertiary/aromatic N) is 2. The predicted octanol–water partition coefficient (Wildman–Crippen LogP) is 2.94. The minimum atomic E-state index is 0.240. The van der Waals surface area contributed by atoms with Crippen molar-refractivity contribution in [1.29, 1.82) is 5.26 Å². The van der Waals surface area contributed by atoms with Crippen LogP contribution >= 0.6 is 0 Å². The van der Waals surface area contributed by atoms with Crippen LogP contribution < -0.4 is 0 Å². The fraction of sp³-hybridized carbons (Fsp3) is 0.143. The highest BCUT2D eigenvalue weighted by Gasteiger charge is 2.08. The third-order valence-electron chi connectivity index (χ3n) is 2.67. The Labute approximate surface area is 100.0 Å². The predicted molar refractivity (Wildman–Crippen MR) is 65.5 cm³/mol. The second kappa shape index (κ2) is 4.26. The molecule has 84 valence electrons. The maximum atomic E-state index is 9.66. The van der Waals surface area contributed by atoms with E-state index >= 15 is 0 Å². The summed E-state index contributed by atoms with van der Waals surface area (Å²) in [6.45, 7) is 3.75. The normalized spacial score (nSPS) is 9.94. The first kappa shape index (κ1) is 11.2.